The van der Waals surface area contributed by atoms with Gasteiger partial charge in [-0.15, -0.1) is 0 Å². The lowest BCUT2D eigenvalue weighted by molar-refractivity contribution is -0.571. The molecule has 4 aliphatic heterocycles. The van der Waals surface area contributed by atoms with Crippen LogP contribution in [0.4, 0.5) is 11.4 Å². The summed E-state index contributed by atoms with van der Waals surface area (Å²) in [4.78, 5) is 45.1. The highest BCUT2D eigenvalue weighted by Gasteiger charge is 2.69. The molecule has 4 heterocycles. The van der Waals surface area contributed by atoms with Gasteiger partial charge < -0.3 is 14.2 Å². The van der Waals surface area contributed by atoms with Crippen LogP contribution in [0.1, 0.15) is 69.7 Å². The van der Waals surface area contributed by atoms with Gasteiger partial charge in [-0.1, -0.05) is 13.8 Å². The largest absolute Gasteiger partial charge is 0.462 e. The van der Waals surface area contributed by atoms with Gasteiger partial charge in [0, 0.05) is 24.5 Å². The number of non-ortho nitro benzene ring substituents is 2. The van der Waals surface area contributed by atoms with E-state index in [0.29, 0.717) is 18.8 Å². The minimum Gasteiger partial charge on any atom is -0.462 e. The molecular formula is C25H32N2O10. The maximum Gasteiger partial charge on any atom is 0.338 e. The topological polar surface area (TPSA) is 150 Å². The maximum atomic E-state index is 12.5. The Morgan fingerprint density at radius 1 is 1.05 bits per heavy atom. The Balaban J connectivity index is 1.23. The Hall–Kier alpha value is -2.67. The van der Waals surface area contributed by atoms with Gasteiger partial charge in [0.05, 0.1) is 34.2 Å². The number of carbonyl (C=O) groups excluding carboxylic acids is 1. The summed E-state index contributed by atoms with van der Waals surface area (Å²) in [5, 5.41) is 22.2. The molecule has 1 aliphatic carbocycles. The van der Waals surface area contributed by atoms with Gasteiger partial charge in [0.25, 0.3) is 11.4 Å². The van der Waals surface area contributed by atoms with Crippen LogP contribution in [0.25, 0.3) is 0 Å². The van der Waals surface area contributed by atoms with Crippen LogP contribution in [0.3, 0.4) is 0 Å². The van der Waals surface area contributed by atoms with Crippen LogP contribution < -0.4 is 0 Å². The summed E-state index contributed by atoms with van der Waals surface area (Å²) >= 11 is 0. The van der Waals surface area contributed by atoms with E-state index in [1.807, 2.05) is 6.92 Å². The van der Waals surface area contributed by atoms with Gasteiger partial charge in [-0.05, 0) is 56.8 Å². The summed E-state index contributed by atoms with van der Waals surface area (Å²) in [6, 6.07) is 2.75. The number of nitrogens with zero attached hydrogens (tertiary/aromatic N) is 2. The van der Waals surface area contributed by atoms with E-state index in [-0.39, 0.29) is 36.0 Å². The zero-order valence-electron chi connectivity index (χ0n) is 21.1. The number of fused-ring (bicyclic) bond motifs is 2. The summed E-state index contributed by atoms with van der Waals surface area (Å²) in [7, 11) is 0. The number of esters is 1. The smallest absolute Gasteiger partial charge is 0.338 e. The normalized spacial score (nSPS) is 38.4. The standard InChI is InChI=1S/C25H32N2O10/c1-14-6-7-20-15(2)21(34-23-25(20)19(14)8-9-24(3,35-23)36-37-25)5-4-10-33-22(28)16-11-17(26(29)30)13-18(12-16)27(31)32/h11-15,19-21,23H,4-10H2,1-3H3/t14-,15-,19+,20+,21-,23?,24?,25-/m1/s1. The fourth-order valence-corrected chi connectivity index (χ4v) is 6.77. The van der Waals surface area contributed by atoms with E-state index in [9.17, 15) is 25.0 Å². The van der Waals surface area contributed by atoms with Crippen LogP contribution in [0.2, 0.25) is 0 Å². The van der Waals surface area contributed by atoms with Crippen molar-refractivity contribution in [1.82, 2.24) is 0 Å². The molecule has 1 aromatic rings. The second-order valence-corrected chi connectivity index (χ2v) is 11.0. The van der Waals surface area contributed by atoms with Crippen molar-refractivity contribution in [2.75, 3.05) is 6.61 Å². The Labute approximate surface area is 213 Å². The van der Waals surface area contributed by atoms with Crippen molar-refractivity contribution in [2.45, 2.75) is 83.1 Å². The molecule has 6 rings (SSSR count). The van der Waals surface area contributed by atoms with Crippen LogP contribution in [0.15, 0.2) is 18.2 Å². The molecule has 1 spiro atoms. The molecule has 0 aromatic heterocycles. The van der Waals surface area contributed by atoms with Crippen LogP contribution >= 0.6 is 0 Å². The first-order valence-corrected chi connectivity index (χ1v) is 12.8. The molecule has 12 nitrogen and oxygen atoms in total. The maximum absolute atomic E-state index is 12.5. The number of hydrogen-bond acceptors (Lipinski definition) is 10. The van der Waals surface area contributed by atoms with Crippen molar-refractivity contribution in [2.24, 2.45) is 23.7 Å². The van der Waals surface area contributed by atoms with E-state index in [2.05, 4.69) is 13.8 Å². The Kier molecular flexibility index (Phi) is 6.71. The number of benzene rings is 1. The summed E-state index contributed by atoms with van der Waals surface area (Å²) in [5.74, 6) is -0.579. The van der Waals surface area contributed by atoms with Crippen molar-refractivity contribution in [3.8, 4) is 0 Å². The Bertz CT molecular complexity index is 1060. The Morgan fingerprint density at radius 2 is 1.76 bits per heavy atom. The zero-order chi connectivity index (χ0) is 26.5. The molecule has 5 aliphatic rings. The summed E-state index contributed by atoms with van der Waals surface area (Å²) in [5.41, 5.74) is -1.96. The number of carbonyl (C=O) groups is 1. The van der Waals surface area contributed by atoms with Gasteiger partial charge >= 0.3 is 5.97 Å². The predicted molar refractivity (Wildman–Crippen MR) is 126 cm³/mol. The van der Waals surface area contributed by atoms with E-state index in [4.69, 9.17) is 24.0 Å². The second-order valence-electron chi connectivity index (χ2n) is 11.0. The van der Waals surface area contributed by atoms with Crippen molar-refractivity contribution in [3.63, 3.8) is 0 Å². The monoisotopic (exact) mass is 520 g/mol. The van der Waals surface area contributed by atoms with Crippen molar-refractivity contribution in [3.05, 3.63) is 44.0 Å². The van der Waals surface area contributed by atoms with Gasteiger partial charge in [0.2, 0.25) is 5.79 Å². The molecule has 4 saturated heterocycles. The molecule has 5 fully saturated rings. The highest BCUT2D eigenvalue weighted by Crippen LogP contribution is 2.60. The first kappa shape index (κ1) is 26.0. The SMILES string of the molecule is C[C@H]1[C@@H](CCCOC(=O)c2cc([N+](=O)[O-])cc([N+](=O)[O-])c2)OC2OC3(C)CC[C@H]4[C@H](C)CC[C@@H]1[C@@]24OO3. The minimum absolute atomic E-state index is 0.0419. The highest BCUT2D eigenvalue weighted by atomic mass is 17.3. The first-order valence-electron chi connectivity index (χ1n) is 12.8. The molecule has 0 amide bonds. The van der Waals surface area contributed by atoms with Crippen LogP contribution in [-0.2, 0) is 24.0 Å². The van der Waals surface area contributed by atoms with Gasteiger partial charge in [-0.25, -0.2) is 14.6 Å². The fourth-order valence-electron chi connectivity index (χ4n) is 6.77. The van der Waals surface area contributed by atoms with Crippen molar-refractivity contribution < 1.29 is 38.6 Å². The van der Waals surface area contributed by atoms with E-state index >= 15 is 0 Å². The number of nitro benzene ring substituents is 2. The molecule has 0 N–H and O–H groups in total. The third-order valence-corrected chi connectivity index (χ3v) is 8.72. The molecule has 1 aromatic carbocycles. The van der Waals surface area contributed by atoms with E-state index < -0.39 is 44.9 Å². The fraction of sp³-hybridized carbons (Fsp3) is 0.720. The molecule has 0 radical (unpaired) electrons. The van der Waals surface area contributed by atoms with E-state index in [1.165, 1.54) is 0 Å². The third-order valence-electron chi connectivity index (χ3n) is 8.72. The van der Waals surface area contributed by atoms with Gasteiger partial charge in [-0.3, -0.25) is 20.2 Å². The lowest BCUT2D eigenvalue weighted by atomic mass is 9.57. The average molecular weight is 521 g/mol. The molecular weight excluding hydrogens is 488 g/mol. The number of hydrogen-bond donors (Lipinski definition) is 0. The van der Waals surface area contributed by atoms with Crippen LogP contribution in [0.5, 0.6) is 0 Å². The lowest BCUT2D eigenvalue weighted by Gasteiger charge is -2.60. The number of rotatable bonds is 7. The quantitative estimate of drug-likeness (QED) is 0.163. The van der Waals surface area contributed by atoms with Crippen molar-refractivity contribution in [1.29, 1.82) is 0 Å². The van der Waals surface area contributed by atoms with Gasteiger partial charge in [0.1, 0.15) is 0 Å². The lowest BCUT2D eigenvalue weighted by Crippen LogP contribution is -2.70. The minimum atomic E-state index is -0.852. The Morgan fingerprint density at radius 3 is 2.43 bits per heavy atom. The molecule has 37 heavy (non-hydrogen) atoms. The van der Waals surface area contributed by atoms with E-state index in [0.717, 1.165) is 43.9 Å². The van der Waals surface area contributed by atoms with Gasteiger partial charge in [-0.2, -0.15) is 0 Å². The van der Waals surface area contributed by atoms with E-state index in [1.54, 1.807) is 0 Å². The molecule has 2 unspecified atom stereocenters. The second kappa shape index (κ2) is 9.57. The van der Waals surface area contributed by atoms with Crippen LogP contribution in [-0.4, -0.2) is 46.2 Å². The average Bonchev–Trinajstić information content (AvgIpc) is 3.09. The summed E-state index contributed by atoms with van der Waals surface area (Å²) < 4.78 is 18.2. The molecule has 2 bridgehead atoms. The highest BCUT2D eigenvalue weighted by molar-refractivity contribution is 5.91. The van der Waals surface area contributed by atoms with Gasteiger partial charge in [0.15, 0.2) is 11.9 Å². The number of nitro groups is 2. The predicted octanol–water partition coefficient (Wildman–Crippen LogP) is 4.69. The summed E-state index contributed by atoms with van der Waals surface area (Å²) in [6.45, 7) is 6.34. The molecule has 8 atom stereocenters. The van der Waals surface area contributed by atoms with Crippen molar-refractivity contribution >= 4 is 17.3 Å². The molecule has 12 heteroatoms. The number of ether oxygens (including phenoxy) is 3. The molecule has 202 valence electrons. The zero-order valence-corrected chi connectivity index (χ0v) is 21.1. The third kappa shape index (κ3) is 4.49. The first-order chi connectivity index (χ1) is 17.5. The van der Waals surface area contributed by atoms with Crippen LogP contribution in [0, 0.1) is 43.9 Å². The summed E-state index contributed by atoms with van der Waals surface area (Å²) in [6.07, 6.45) is 4.19. The molecule has 1 saturated carbocycles.